The molecule has 1 heterocycles. The molecule has 2 atom stereocenters. The Morgan fingerprint density at radius 2 is 2.04 bits per heavy atom. The molecular weight excluding hydrogens is 322 g/mol. The van der Waals surface area contributed by atoms with Gasteiger partial charge in [-0.15, -0.1) is 0 Å². The highest BCUT2D eigenvalue weighted by Gasteiger charge is 2.38. The number of hydrogen-bond acceptors (Lipinski definition) is 5. The average Bonchev–Trinajstić information content (AvgIpc) is 2.60. The van der Waals surface area contributed by atoms with E-state index in [-0.39, 0.29) is 24.9 Å². The summed E-state index contributed by atoms with van der Waals surface area (Å²) < 4.78 is 10.3. The zero-order valence-electron chi connectivity index (χ0n) is 14.7. The minimum Gasteiger partial charge on any atom is -0.459 e. The largest absolute Gasteiger partial charge is 0.459 e. The van der Waals surface area contributed by atoms with E-state index in [2.05, 4.69) is 0 Å². The van der Waals surface area contributed by atoms with Crippen LogP contribution in [0, 0.1) is 5.92 Å². The highest BCUT2D eigenvalue weighted by Crippen LogP contribution is 2.22. The first-order valence-electron chi connectivity index (χ1n) is 8.63. The van der Waals surface area contributed by atoms with Crippen LogP contribution in [0.3, 0.4) is 0 Å². The van der Waals surface area contributed by atoms with Crippen molar-refractivity contribution < 1.29 is 23.9 Å². The molecule has 0 radical (unpaired) electrons. The van der Waals surface area contributed by atoms with Crippen LogP contribution in [0.15, 0.2) is 30.3 Å². The molecule has 0 aromatic heterocycles. The van der Waals surface area contributed by atoms with Crippen molar-refractivity contribution in [1.29, 1.82) is 0 Å². The number of hydrogen-bond donors (Lipinski definition) is 0. The van der Waals surface area contributed by atoms with Gasteiger partial charge in [0.25, 0.3) is 12.4 Å². The number of carbonyl (C=O) groups excluding carboxylic acids is 3. The fourth-order valence-corrected chi connectivity index (χ4v) is 2.99. The van der Waals surface area contributed by atoms with E-state index in [0.29, 0.717) is 25.8 Å². The second-order valence-corrected chi connectivity index (χ2v) is 6.63. The Labute approximate surface area is 148 Å². The molecule has 0 aliphatic carbocycles. The van der Waals surface area contributed by atoms with E-state index in [0.717, 1.165) is 5.56 Å². The van der Waals surface area contributed by atoms with Crippen molar-refractivity contribution in [2.75, 3.05) is 6.54 Å². The van der Waals surface area contributed by atoms with Crippen LogP contribution in [0.5, 0.6) is 0 Å². The minimum absolute atomic E-state index is 0.171. The van der Waals surface area contributed by atoms with Crippen molar-refractivity contribution in [2.45, 2.75) is 51.9 Å². The predicted molar refractivity (Wildman–Crippen MR) is 91.4 cm³/mol. The number of nitrogens with zero attached hydrogens (tertiary/aromatic N) is 1. The lowest BCUT2D eigenvalue weighted by molar-refractivity contribution is -0.165. The van der Waals surface area contributed by atoms with E-state index in [4.69, 9.17) is 9.47 Å². The van der Waals surface area contributed by atoms with E-state index < -0.39 is 18.1 Å². The summed E-state index contributed by atoms with van der Waals surface area (Å²) in [5.41, 5.74) is 0.895. The zero-order chi connectivity index (χ0) is 18.2. The molecule has 0 bridgehead atoms. The lowest BCUT2D eigenvalue weighted by Crippen LogP contribution is -2.53. The summed E-state index contributed by atoms with van der Waals surface area (Å²) in [7, 11) is 0. The van der Waals surface area contributed by atoms with Gasteiger partial charge in [0.15, 0.2) is 6.10 Å². The van der Waals surface area contributed by atoms with Crippen molar-refractivity contribution >= 4 is 18.3 Å². The highest BCUT2D eigenvalue weighted by molar-refractivity contribution is 5.88. The van der Waals surface area contributed by atoms with E-state index in [1.165, 1.54) is 4.90 Å². The third kappa shape index (κ3) is 5.31. The van der Waals surface area contributed by atoms with Crippen molar-refractivity contribution in [3.63, 3.8) is 0 Å². The molecule has 6 heteroatoms. The summed E-state index contributed by atoms with van der Waals surface area (Å²) in [4.78, 5) is 37.3. The second-order valence-electron chi connectivity index (χ2n) is 6.63. The van der Waals surface area contributed by atoms with Gasteiger partial charge in [-0.05, 0) is 30.7 Å². The molecule has 1 aliphatic heterocycles. The third-order valence-corrected chi connectivity index (χ3v) is 4.21. The lowest BCUT2D eigenvalue weighted by atomic mass is 9.98. The van der Waals surface area contributed by atoms with Gasteiger partial charge in [-0.3, -0.25) is 9.59 Å². The van der Waals surface area contributed by atoms with E-state index >= 15 is 0 Å². The summed E-state index contributed by atoms with van der Waals surface area (Å²) in [6.45, 7) is 4.91. The van der Waals surface area contributed by atoms with Gasteiger partial charge in [0.05, 0.1) is 0 Å². The molecule has 1 amide bonds. The number of amides is 1. The van der Waals surface area contributed by atoms with Crippen molar-refractivity contribution in [1.82, 2.24) is 4.90 Å². The zero-order valence-corrected chi connectivity index (χ0v) is 14.7. The molecule has 2 rings (SSSR count). The molecule has 0 saturated carbocycles. The van der Waals surface area contributed by atoms with Gasteiger partial charge in [-0.1, -0.05) is 44.2 Å². The normalized spacial score (nSPS) is 18.8. The number of ether oxygens (including phenoxy) is 2. The molecule has 1 aromatic rings. The third-order valence-electron chi connectivity index (χ3n) is 4.21. The quantitative estimate of drug-likeness (QED) is 0.533. The van der Waals surface area contributed by atoms with Crippen LogP contribution in [0.1, 0.15) is 38.7 Å². The van der Waals surface area contributed by atoms with Crippen molar-refractivity contribution in [2.24, 2.45) is 5.92 Å². The molecule has 25 heavy (non-hydrogen) atoms. The molecule has 1 saturated heterocycles. The Morgan fingerprint density at radius 3 is 2.68 bits per heavy atom. The van der Waals surface area contributed by atoms with Crippen LogP contribution in [-0.2, 0) is 30.5 Å². The number of carbonyl (C=O) groups is 3. The SMILES string of the molecule is CC(C)C[C@@H](C(=O)OCc1ccccc1)N1CCCC(OC=O)C1=O. The number of rotatable bonds is 8. The first-order chi connectivity index (χ1) is 12.0. The summed E-state index contributed by atoms with van der Waals surface area (Å²) in [6.07, 6.45) is 0.877. The fraction of sp³-hybridized carbons (Fsp3) is 0.526. The van der Waals surface area contributed by atoms with Gasteiger partial charge in [0, 0.05) is 6.54 Å². The monoisotopic (exact) mass is 347 g/mol. The molecule has 1 aromatic carbocycles. The molecule has 6 nitrogen and oxygen atoms in total. The summed E-state index contributed by atoms with van der Waals surface area (Å²) >= 11 is 0. The van der Waals surface area contributed by atoms with Crippen LogP contribution in [0.4, 0.5) is 0 Å². The number of benzene rings is 1. The van der Waals surface area contributed by atoms with Gasteiger partial charge >= 0.3 is 5.97 Å². The Bertz CT molecular complexity index is 587. The molecule has 1 aliphatic rings. The number of piperidine rings is 1. The van der Waals surface area contributed by atoms with E-state index in [1.807, 2.05) is 44.2 Å². The molecule has 136 valence electrons. The smallest absolute Gasteiger partial charge is 0.329 e. The maximum Gasteiger partial charge on any atom is 0.329 e. The molecule has 1 fully saturated rings. The second kappa shape index (κ2) is 9.20. The van der Waals surface area contributed by atoms with Gasteiger partial charge in [0.1, 0.15) is 12.6 Å². The van der Waals surface area contributed by atoms with Crippen LogP contribution >= 0.6 is 0 Å². The van der Waals surface area contributed by atoms with Crippen LogP contribution < -0.4 is 0 Å². The molecular formula is C19H25NO5. The molecule has 0 N–H and O–H groups in total. The van der Waals surface area contributed by atoms with Gasteiger partial charge < -0.3 is 14.4 Å². The summed E-state index contributed by atoms with van der Waals surface area (Å²) in [5, 5.41) is 0. The van der Waals surface area contributed by atoms with Gasteiger partial charge in [-0.25, -0.2) is 4.79 Å². The standard InChI is InChI=1S/C19H25NO5/c1-14(2)11-16(19(23)24-12-15-7-4-3-5-8-15)20-10-6-9-17(18(20)22)25-13-21/h3-5,7-8,13-14,16-17H,6,9-12H2,1-2H3/t16-,17?/m0/s1. The minimum atomic E-state index is -0.803. The van der Waals surface area contributed by atoms with Crippen molar-refractivity contribution in [3.8, 4) is 0 Å². The van der Waals surface area contributed by atoms with Crippen molar-refractivity contribution in [3.05, 3.63) is 35.9 Å². The van der Waals surface area contributed by atoms with Crippen LogP contribution in [0.2, 0.25) is 0 Å². The van der Waals surface area contributed by atoms with Gasteiger partial charge in [0.2, 0.25) is 0 Å². The summed E-state index contributed by atoms with van der Waals surface area (Å²) in [5.74, 6) is -0.521. The molecule has 0 spiro atoms. The Morgan fingerprint density at radius 1 is 1.32 bits per heavy atom. The highest BCUT2D eigenvalue weighted by atomic mass is 16.5. The number of likely N-dealkylation sites (tertiary alicyclic amines) is 1. The maximum atomic E-state index is 12.6. The van der Waals surface area contributed by atoms with Crippen LogP contribution in [-0.4, -0.2) is 41.9 Å². The van der Waals surface area contributed by atoms with E-state index in [1.54, 1.807) is 0 Å². The Kier molecular flexibility index (Phi) is 6.98. The van der Waals surface area contributed by atoms with Gasteiger partial charge in [-0.2, -0.15) is 0 Å². The topological polar surface area (TPSA) is 72.9 Å². The van der Waals surface area contributed by atoms with Crippen LogP contribution in [0.25, 0.3) is 0 Å². The predicted octanol–water partition coefficient (Wildman–Crippen LogP) is 2.31. The molecule has 1 unspecified atom stereocenters. The summed E-state index contributed by atoms with van der Waals surface area (Å²) in [6, 6.07) is 8.76. The first-order valence-corrected chi connectivity index (χ1v) is 8.63. The fourth-order valence-electron chi connectivity index (χ4n) is 2.99. The Hall–Kier alpha value is -2.37. The lowest BCUT2D eigenvalue weighted by Gasteiger charge is -2.36. The van der Waals surface area contributed by atoms with E-state index in [9.17, 15) is 14.4 Å². The Balaban J connectivity index is 2.07. The number of esters is 1. The maximum absolute atomic E-state index is 12.6. The first kappa shape index (κ1) is 19.0. The average molecular weight is 347 g/mol.